The van der Waals surface area contributed by atoms with Crippen molar-refractivity contribution in [1.82, 2.24) is 10.2 Å². The standard InChI is InChI=1S/C24H25N5O5S/c1-4-33-18-11-9-17(10-12-18)29-22(31)19(13-21(30)25-16-7-5-15(2)6-8-16)28(24(29)35)14-20-23(32)34-26-27(20)3/h5-12,19H,4,13-14H2,1-3H3,(H-,25,26,30,32)/p+1. The number of carbonyl (C=O) groups is 2. The van der Waals surface area contributed by atoms with Gasteiger partial charge in [0.15, 0.2) is 12.2 Å². The molecule has 3 aromatic rings. The van der Waals surface area contributed by atoms with E-state index in [1.807, 2.05) is 26.0 Å². The van der Waals surface area contributed by atoms with E-state index < -0.39 is 11.7 Å². The number of nitrogens with zero attached hydrogens (tertiary/aromatic N) is 3. The minimum atomic E-state index is -0.909. The van der Waals surface area contributed by atoms with Crippen molar-refractivity contribution in [1.29, 1.82) is 0 Å². The Labute approximate surface area is 207 Å². The summed E-state index contributed by atoms with van der Waals surface area (Å²) in [6.07, 6.45) is -0.153. The second-order valence-corrected chi connectivity index (χ2v) is 8.50. The number of anilines is 2. The third-order valence-corrected chi connectivity index (χ3v) is 6.09. The second kappa shape index (κ2) is 10.1. The largest absolute Gasteiger partial charge is 0.494 e. The van der Waals surface area contributed by atoms with Gasteiger partial charge in [0.05, 0.1) is 18.7 Å². The molecule has 2 N–H and O–H groups in total. The van der Waals surface area contributed by atoms with Gasteiger partial charge in [-0.3, -0.25) is 19.0 Å². The lowest BCUT2D eigenvalue weighted by Gasteiger charge is -2.21. The quantitative estimate of drug-likeness (QED) is 0.363. The van der Waals surface area contributed by atoms with Crippen molar-refractivity contribution in [3.63, 3.8) is 0 Å². The van der Waals surface area contributed by atoms with Gasteiger partial charge in [0, 0.05) is 5.69 Å². The summed E-state index contributed by atoms with van der Waals surface area (Å²) < 4.78 is 11.7. The summed E-state index contributed by atoms with van der Waals surface area (Å²) in [6, 6.07) is 13.4. The third-order valence-electron chi connectivity index (χ3n) is 5.67. The lowest BCUT2D eigenvalue weighted by Crippen LogP contribution is -2.44. The van der Waals surface area contributed by atoms with Crippen LogP contribution in [-0.2, 0) is 23.2 Å². The maximum Gasteiger partial charge on any atom is 0.431 e. The Morgan fingerprint density at radius 2 is 1.86 bits per heavy atom. The van der Waals surface area contributed by atoms with Crippen LogP contribution in [0.4, 0.5) is 11.4 Å². The molecule has 10 nitrogen and oxygen atoms in total. The summed E-state index contributed by atoms with van der Waals surface area (Å²) in [7, 11) is 1.62. The summed E-state index contributed by atoms with van der Waals surface area (Å²) in [4.78, 5) is 41.6. The van der Waals surface area contributed by atoms with Gasteiger partial charge in [-0.25, -0.2) is 4.79 Å². The van der Waals surface area contributed by atoms with E-state index in [0.29, 0.717) is 23.7 Å². The van der Waals surface area contributed by atoms with Crippen molar-refractivity contribution in [2.24, 2.45) is 7.05 Å². The first-order valence-corrected chi connectivity index (χ1v) is 11.5. The Hall–Kier alpha value is -3.99. The Bertz CT molecular complexity index is 1300. The molecule has 2 heterocycles. The smallest absolute Gasteiger partial charge is 0.431 e. The molecule has 11 heteroatoms. The first-order valence-electron chi connectivity index (χ1n) is 11.1. The molecular formula is C24H26N5O5S+. The molecule has 1 aromatic heterocycles. The van der Waals surface area contributed by atoms with Crippen molar-refractivity contribution in [3.8, 4) is 5.75 Å². The van der Waals surface area contributed by atoms with Crippen LogP contribution in [0.3, 0.4) is 0 Å². The number of amides is 2. The van der Waals surface area contributed by atoms with Gasteiger partial charge < -0.3 is 15.0 Å². The van der Waals surface area contributed by atoms with Gasteiger partial charge in [-0.05, 0) is 67.7 Å². The fourth-order valence-corrected chi connectivity index (χ4v) is 4.21. The number of rotatable bonds is 8. The Morgan fingerprint density at radius 3 is 2.46 bits per heavy atom. The van der Waals surface area contributed by atoms with Gasteiger partial charge in [0.25, 0.3) is 5.91 Å². The van der Waals surface area contributed by atoms with E-state index in [0.717, 1.165) is 5.56 Å². The minimum Gasteiger partial charge on any atom is -0.494 e. The van der Waals surface area contributed by atoms with Crippen LogP contribution in [0.15, 0.2) is 57.8 Å². The molecule has 4 rings (SSSR count). The van der Waals surface area contributed by atoms with Crippen LogP contribution in [0.25, 0.3) is 0 Å². The first-order chi connectivity index (χ1) is 16.8. The lowest BCUT2D eigenvalue weighted by molar-refractivity contribution is -0.746. The highest BCUT2D eigenvalue weighted by Crippen LogP contribution is 2.29. The molecule has 1 aliphatic heterocycles. The third kappa shape index (κ3) is 5.09. The van der Waals surface area contributed by atoms with E-state index in [-0.39, 0.29) is 35.6 Å². The predicted molar refractivity (Wildman–Crippen MR) is 132 cm³/mol. The van der Waals surface area contributed by atoms with Gasteiger partial charge in [0.1, 0.15) is 18.3 Å². The molecule has 182 valence electrons. The van der Waals surface area contributed by atoms with E-state index >= 15 is 0 Å². The normalized spacial score (nSPS) is 15.6. The van der Waals surface area contributed by atoms with Gasteiger partial charge in [-0.15, -0.1) is 0 Å². The highest BCUT2D eigenvalue weighted by molar-refractivity contribution is 7.80. The Morgan fingerprint density at radius 1 is 1.17 bits per heavy atom. The van der Waals surface area contributed by atoms with Gasteiger partial charge >= 0.3 is 11.3 Å². The predicted octanol–water partition coefficient (Wildman–Crippen LogP) is 2.03. The number of H-pyrrole nitrogens is 1. The number of hydrogen-bond acceptors (Lipinski definition) is 6. The second-order valence-electron chi connectivity index (χ2n) is 8.13. The number of aromatic nitrogens is 2. The highest BCUT2D eigenvalue weighted by Gasteiger charge is 2.45. The van der Waals surface area contributed by atoms with Crippen molar-refractivity contribution >= 4 is 40.5 Å². The van der Waals surface area contributed by atoms with Gasteiger partial charge in [-0.1, -0.05) is 22.4 Å². The summed E-state index contributed by atoms with van der Waals surface area (Å²) in [6.45, 7) is 4.34. The Kier molecular flexibility index (Phi) is 6.97. The zero-order valence-corrected chi connectivity index (χ0v) is 20.4. The van der Waals surface area contributed by atoms with Crippen LogP contribution < -0.4 is 25.3 Å². The first kappa shape index (κ1) is 24.1. The number of ether oxygens (including phenoxy) is 1. The Balaban J connectivity index is 1.61. The summed E-state index contributed by atoms with van der Waals surface area (Å²) >= 11 is 5.65. The van der Waals surface area contributed by atoms with Crippen molar-refractivity contribution in [2.45, 2.75) is 32.9 Å². The SMILES string of the molecule is CCOc1ccc(N2C(=O)C(CC(=O)Nc3ccc(C)cc3)N(Cc3c(=O)o[nH][n+]3C)C2=S)cc1. The summed E-state index contributed by atoms with van der Waals surface area (Å²) in [5, 5.41) is 5.47. The molecule has 1 saturated heterocycles. The maximum absolute atomic E-state index is 13.5. The van der Waals surface area contributed by atoms with E-state index in [1.54, 1.807) is 48.3 Å². The number of nitrogens with one attached hydrogen (secondary N) is 2. The van der Waals surface area contributed by atoms with Crippen molar-refractivity contribution in [3.05, 3.63) is 70.2 Å². The van der Waals surface area contributed by atoms with Gasteiger partial charge in [-0.2, -0.15) is 0 Å². The van der Waals surface area contributed by atoms with Crippen LogP contribution in [0.2, 0.25) is 0 Å². The molecule has 1 unspecified atom stereocenters. The van der Waals surface area contributed by atoms with E-state index in [9.17, 15) is 14.4 Å². The lowest BCUT2D eigenvalue weighted by atomic mass is 10.1. The van der Waals surface area contributed by atoms with Crippen molar-refractivity contribution < 1.29 is 23.5 Å². The summed E-state index contributed by atoms with van der Waals surface area (Å²) in [5.41, 5.74) is 1.92. The zero-order valence-electron chi connectivity index (χ0n) is 19.6. The van der Waals surface area contributed by atoms with Crippen LogP contribution >= 0.6 is 12.2 Å². The highest BCUT2D eigenvalue weighted by atomic mass is 32.1. The molecule has 1 aliphatic rings. The average Bonchev–Trinajstić information content (AvgIpc) is 3.27. The van der Waals surface area contributed by atoms with E-state index in [4.69, 9.17) is 21.5 Å². The molecule has 1 fully saturated rings. The molecule has 0 radical (unpaired) electrons. The fraction of sp³-hybridized carbons (Fsp3) is 0.292. The van der Waals surface area contributed by atoms with E-state index in [1.165, 1.54) is 9.58 Å². The molecule has 0 aliphatic carbocycles. The molecule has 35 heavy (non-hydrogen) atoms. The number of benzene rings is 2. The number of carbonyl (C=O) groups excluding carboxylic acids is 2. The molecule has 0 bridgehead atoms. The minimum absolute atomic E-state index is 0.0110. The van der Waals surface area contributed by atoms with Crippen LogP contribution in [0.1, 0.15) is 24.6 Å². The van der Waals surface area contributed by atoms with Crippen molar-refractivity contribution in [2.75, 3.05) is 16.8 Å². The molecule has 1 atom stereocenters. The average molecular weight is 497 g/mol. The number of thiocarbonyl (C=S) groups is 1. The van der Waals surface area contributed by atoms with E-state index in [2.05, 4.69) is 10.6 Å². The fourth-order valence-electron chi connectivity index (χ4n) is 3.83. The molecular weight excluding hydrogens is 470 g/mol. The number of hydrogen-bond donors (Lipinski definition) is 2. The number of aromatic amines is 1. The zero-order chi connectivity index (χ0) is 25.1. The topological polar surface area (TPSA) is 112 Å². The maximum atomic E-state index is 13.5. The van der Waals surface area contributed by atoms with Crippen LogP contribution in [-0.4, -0.2) is 39.7 Å². The summed E-state index contributed by atoms with van der Waals surface area (Å²) in [5.74, 6) is -0.0449. The molecule has 2 aromatic carbocycles. The molecule has 0 saturated carbocycles. The number of aryl methyl sites for hydroxylation is 2. The molecule has 2 amide bonds. The molecule has 0 spiro atoms. The monoisotopic (exact) mass is 496 g/mol. The van der Waals surface area contributed by atoms with Crippen LogP contribution in [0, 0.1) is 6.92 Å². The van der Waals surface area contributed by atoms with Crippen LogP contribution in [0.5, 0.6) is 5.75 Å². The van der Waals surface area contributed by atoms with Gasteiger partial charge in [0.2, 0.25) is 5.91 Å².